The van der Waals surface area contributed by atoms with Crippen molar-refractivity contribution in [1.82, 2.24) is 0 Å². The standard InChI is InChI=1S/C22H14BrNO2/c23-19-12-6-15(7-13-19)14-20-22(25)26-21(24-20)18-10-8-17(9-11-18)16-4-2-1-3-5-16/h1-14H. The molecule has 0 fully saturated rings. The van der Waals surface area contributed by atoms with Gasteiger partial charge in [0.15, 0.2) is 5.70 Å². The van der Waals surface area contributed by atoms with Crippen molar-refractivity contribution in [3.8, 4) is 11.1 Å². The van der Waals surface area contributed by atoms with Gasteiger partial charge in [0.1, 0.15) is 0 Å². The number of hydrogen-bond donors (Lipinski definition) is 0. The molecule has 0 bridgehead atoms. The fourth-order valence-corrected chi connectivity index (χ4v) is 2.95. The third-order valence-corrected chi connectivity index (χ3v) is 4.56. The fraction of sp³-hybridized carbons (Fsp3) is 0. The molecule has 1 aliphatic rings. The molecule has 126 valence electrons. The van der Waals surface area contributed by atoms with E-state index in [9.17, 15) is 4.79 Å². The summed E-state index contributed by atoms with van der Waals surface area (Å²) in [6, 6.07) is 25.6. The Hall–Kier alpha value is -2.98. The zero-order valence-electron chi connectivity index (χ0n) is 13.7. The van der Waals surface area contributed by atoms with Gasteiger partial charge >= 0.3 is 5.97 Å². The number of aliphatic imine (C=N–C) groups is 1. The molecule has 3 aromatic rings. The summed E-state index contributed by atoms with van der Waals surface area (Å²) in [5.74, 6) is -0.104. The molecule has 1 heterocycles. The second-order valence-electron chi connectivity index (χ2n) is 5.83. The molecule has 0 saturated carbocycles. The molecule has 3 nitrogen and oxygen atoms in total. The van der Waals surface area contributed by atoms with Crippen LogP contribution in [0.15, 0.2) is 94.0 Å². The number of esters is 1. The number of rotatable bonds is 3. The van der Waals surface area contributed by atoms with Crippen LogP contribution in [0.5, 0.6) is 0 Å². The van der Waals surface area contributed by atoms with Gasteiger partial charge in [-0.05, 0) is 47.0 Å². The highest BCUT2D eigenvalue weighted by atomic mass is 79.9. The Morgan fingerprint density at radius 3 is 2.08 bits per heavy atom. The summed E-state index contributed by atoms with van der Waals surface area (Å²) < 4.78 is 6.32. The number of benzene rings is 3. The van der Waals surface area contributed by atoms with Crippen molar-refractivity contribution in [2.45, 2.75) is 0 Å². The third kappa shape index (κ3) is 3.51. The van der Waals surface area contributed by atoms with Crippen LogP contribution in [-0.2, 0) is 9.53 Å². The van der Waals surface area contributed by atoms with E-state index in [2.05, 4.69) is 33.1 Å². The molecule has 0 atom stereocenters. The quantitative estimate of drug-likeness (QED) is 0.430. The molecular weight excluding hydrogens is 390 g/mol. The van der Waals surface area contributed by atoms with Gasteiger partial charge in [0.2, 0.25) is 5.90 Å². The van der Waals surface area contributed by atoms with Gasteiger partial charge in [-0.1, -0.05) is 70.5 Å². The topological polar surface area (TPSA) is 38.7 Å². The van der Waals surface area contributed by atoms with Crippen LogP contribution in [0.4, 0.5) is 0 Å². The minimum atomic E-state index is -0.435. The summed E-state index contributed by atoms with van der Waals surface area (Å²) in [7, 11) is 0. The molecule has 4 rings (SSSR count). The Kier molecular flexibility index (Phi) is 4.50. The maximum atomic E-state index is 12.1. The lowest BCUT2D eigenvalue weighted by Gasteiger charge is -2.03. The number of carbonyl (C=O) groups is 1. The van der Waals surface area contributed by atoms with Gasteiger partial charge in [0.05, 0.1) is 0 Å². The Morgan fingerprint density at radius 1 is 0.769 bits per heavy atom. The van der Waals surface area contributed by atoms with E-state index in [1.807, 2.05) is 66.7 Å². The van der Waals surface area contributed by atoms with Crippen molar-refractivity contribution in [1.29, 1.82) is 0 Å². The maximum absolute atomic E-state index is 12.1. The molecule has 0 N–H and O–H groups in total. The fourth-order valence-electron chi connectivity index (χ4n) is 2.69. The molecule has 3 aromatic carbocycles. The number of hydrogen-bond acceptors (Lipinski definition) is 3. The van der Waals surface area contributed by atoms with E-state index in [1.165, 1.54) is 0 Å². The van der Waals surface area contributed by atoms with E-state index in [-0.39, 0.29) is 0 Å². The van der Waals surface area contributed by atoms with Crippen LogP contribution < -0.4 is 0 Å². The van der Waals surface area contributed by atoms with Gasteiger partial charge in [0, 0.05) is 10.0 Å². The van der Waals surface area contributed by atoms with Crippen molar-refractivity contribution in [3.05, 3.63) is 100 Å². The first-order valence-corrected chi connectivity index (χ1v) is 8.92. The summed E-state index contributed by atoms with van der Waals surface area (Å²) in [4.78, 5) is 16.5. The number of cyclic esters (lactones) is 1. The van der Waals surface area contributed by atoms with Crippen LogP contribution in [0.1, 0.15) is 11.1 Å². The van der Waals surface area contributed by atoms with E-state index < -0.39 is 5.97 Å². The summed E-state index contributed by atoms with van der Waals surface area (Å²) in [6.07, 6.45) is 1.72. The highest BCUT2D eigenvalue weighted by Gasteiger charge is 2.24. The van der Waals surface area contributed by atoms with E-state index in [0.29, 0.717) is 11.6 Å². The molecule has 0 radical (unpaired) electrons. The minimum absolute atomic E-state index is 0.300. The Labute approximate surface area is 159 Å². The van der Waals surface area contributed by atoms with Crippen molar-refractivity contribution >= 4 is 33.9 Å². The first-order valence-electron chi connectivity index (χ1n) is 8.13. The zero-order valence-corrected chi connectivity index (χ0v) is 15.3. The van der Waals surface area contributed by atoms with E-state index >= 15 is 0 Å². The third-order valence-electron chi connectivity index (χ3n) is 4.03. The minimum Gasteiger partial charge on any atom is -0.402 e. The Bertz CT molecular complexity index is 1000. The van der Waals surface area contributed by atoms with Crippen LogP contribution in [0.25, 0.3) is 17.2 Å². The largest absolute Gasteiger partial charge is 0.402 e. The lowest BCUT2D eigenvalue weighted by Crippen LogP contribution is -2.05. The lowest BCUT2D eigenvalue weighted by molar-refractivity contribution is -0.129. The van der Waals surface area contributed by atoms with Gasteiger partial charge in [0.25, 0.3) is 0 Å². The van der Waals surface area contributed by atoms with Gasteiger partial charge in [-0.25, -0.2) is 9.79 Å². The van der Waals surface area contributed by atoms with Gasteiger partial charge < -0.3 is 4.74 Å². The van der Waals surface area contributed by atoms with Crippen LogP contribution in [0, 0.1) is 0 Å². The number of halogens is 1. The zero-order chi connectivity index (χ0) is 17.9. The Morgan fingerprint density at radius 2 is 1.38 bits per heavy atom. The van der Waals surface area contributed by atoms with Crippen LogP contribution in [0.3, 0.4) is 0 Å². The van der Waals surface area contributed by atoms with Gasteiger partial charge in [-0.3, -0.25) is 0 Å². The van der Waals surface area contributed by atoms with E-state index in [1.54, 1.807) is 6.08 Å². The molecule has 0 unspecified atom stereocenters. The van der Waals surface area contributed by atoms with Gasteiger partial charge in [-0.2, -0.15) is 0 Å². The highest BCUT2D eigenvalue weighted by molar-refractivity contribution is 9.10. The predicted molar refractivity (Wildman–Crippen MR) is 107 cm³/mol. The SMILES string of the molecule is O=C1OC(c2ccc(-c3ccccc3)cc2)=NC1=Cc1ccc(Br)cc1. The van der Waals surface area contributed by atoms with Crippen molar-refractivity contribution in [2.75, 3.05) is 0 Å². The first kappa shape index (κ1) is 16.5. The molecule has 0 aliphatic carbocycles. The van der Waals surface area contributed by atoms with Crippen LogP contribution in [0.2, 0.25) is 0 Å². The maximum Gasteiger partial charge on any atom is 0.363 e. The number of ether oxygens (including phenoxy) is 1. The normalized spacial score (nSPS) is 15.0. The second kappa shape index (κ2) is 7.10. The Balaban J connectivity index is 1.60. The molecule has 1 aliphatic heterocycles. The molecule has 0 amide bonds. The van der Waals surface area contributed by atoms with Gasteiger partial charge in [-0.15, -0.1) is 0 Å². The van der Waals surface area contributed by atoms with E-state index in [0.717, 1.165) is 26.7 Å². The average molecular weight is 404 g/mol. The number of nitrogens with zero attached hydrogens (tertiary/aromatic N) is 1. The monoisotopic (exact) mass is 403 g/mol. The average Bonchev–Trinajstić information content (AvgIpc) is 3.05. The molecule has 0 spiro atoms. The van der Waals surface area contributed by atoms with Crippen molar-refractivity contribution in [2.24, 2.45) is 4.99 Å². The van der Waals surface area contributed by atoms with Crippen molar-refractivity contribution < 1.29 is 9.53 Å². The first-order chi connectivity index (χ1) is 12.7. The second-order valence-corrected chi connectivity index (χ2v) is 6.75. The number of carbonyl (C=O) groups excluding carboxylic acids is 1. The smallest absolute Gasteiger partial charge is 0.363 e. The van der Waals surface area contributed by atoms with Crippen molar-refractivity contribution in [3.63, 3.8) is 0 Å². The lowest BCUT2D eigenvalue weighted by atomic mass is 10.0. The molecule has 0 saturated heterocycles. The molecule has 4 heteroatoms. The summed E-state index contributed by atoms with van der Waals surface area (Å²) in [5.41, 5.74) is 4.21. The van der Waals surface area contributed by atoms with Crippen LogP contribution in [-0.4, -0.2) is 11.9 Å². The molecular formula is C22H14BrNO2. The molecule has 0 aromatic heterocycles. The predicted octanol–water partition coefficient (Wildman–Crippen LogP) is 5.46. The van der Waals surface area contributed by atoms with Crippen LogP contribution >= 0.6 is 15.9 Å². The molecule has 26 heavy (non-hydrogen) atoms. The highest BCUT2D eigenvalue weighted by Crippen LogP contribution is 2.23. The van der Waals surface area contributed by atoms with E-state index in [4.69, 9.17) is 4.74 Å². The summed E-state index contributed by atoms with van der Waals surface area (Å²) in [5, 5.41) is 0. The summed E-state index contributed by atoms with van der Waals surface area (Å²) in [6.45, 7) is 0. The summed E-state index contributed by atoms with van der Waals surface area (Å²) >= 11 is 3.39.